The molecule has 8 heteroatoms. The number of nitrogens with one attached hydrogen (secondary N) is 1. The third kappa shape index (κ3) is 4.05. The van der Waals surface area contributed by atoms with Crippen LogP contribution >= 0.6 is 0 Å². The lowest BCUT2D eigenvalue weighted by Gasteiger charge is -2.15. The minimum absolute atomic E-state index is 0.138. The molecule has 4 aromatic rings. The van der Waals surface area contributed by atoms with Crippen molar-refractivity contribution < 1.29 is 9.13 Å². The van der Waals surface area contributed by atoms with Gasteiger partial charge in [0, 0.05) is 36.1 Å². The predicted octanol–water partition coefficient (Wildman–Crippen LogP) is 4.93. The van der Waals surface area contributed by atoms with E-state index in [2.05, 4.69) is 29.1 Å². The lowest BCUT2D eigenvalue weighted by Crippen LogP contribution is -2.08. The first-order valence-corrected chi connectivity index (χ1v) is 10.3. The summed E-state index contributed by atoms with van der Waals surface area (Å²) in [5, 5.41) is 8.08. The second-order valence-corrected chi connectivity index (χ2v) is 7.49. The van der Waals surface area contributed by atoms with Crippen molar-refractivity contribution in [2.24, 2.45) is 0 Å². The Balaban J connectivity index is 1.87. The summed E-state index contributed by atoms with van der Waals surface area (Å²) in [7, 11) is 0. The van der Waals surface area contributed by atoms with E-state index in [-0.39, 0.29) is 12.6 Å². The van der Waals surface area contributed by atoms with Crippen molar-refractivity contribution in [3.05, 3.63) is 60.1 Å². The summed E-state index contributed by atoms with van der Waals surface area (Å²) in [5.41, 5.74) is 5.38. The standard InChI is InChI=1S/C23H25FN6O/c1-5-31-20-13-25-10-8-17(20)18-11-19(27-12-16-7-6-9-26-23(16)24)22-21(28-18)15(4)29-30(22)14(2)3/h6-11,13-14H,5,12H2,1-4H3,(H,27,28). The van der Waals surface area contributed by atoms with Gasteiger partial charge in [0.25, 0.3) is 0 Å². The fraction of sp³-hybridized carbons (Fsp3) is 0.304. The summed E-state index contributed by atoms with van der Waals surface area (Å²) in [5.74, 6) is 0.178. The number of pyridine rings is 3. The monoisotopic (exact) mass is 420 g/mol. The minimum atomic E-state index is -0.484. The number of anilines is 1. The largest absolute Gasteiger partial charge is 0.492 e. The molecule has 0 spiro atoms. The van der Waals surface area contributed by atoms with Crippen LogP contribution in [-0.2, 0) is 6.54 Å². The molecule has 0 aliphatic rings. The van der Waals surface area contributed by atoms with Gasteiger partial charge in [-0.1, -0.05) is 6.07 Å². The van der Waals surface area contributed by atoms with E-state index < -0.39 is 5.95 Å². The van der Waals surface area contributed by atoms with Crippen LogP contribution < -0.4 is 10.1 Å². The zero-order valence-electron chi connectivity index (χ0n) is 18.1. The fourth-order valence-electron chi connectivity index (χ4n) is 3.53. The van der Waals surface area contributed by atoms with Crippen molar-refractivity contribution >= 4 is 16.7 Å². The number of fused-ring (bicyclic) bond motifs is 1. The SMILES string of the molecule is CCOc1cnccc1-c1cc(NCc2cccnc2F)c2c(n1)c(C)nn2C(C)C. The Labute approximate surface area is 180 Å². The molecule has 0 radical (unpaired) electrons. The lowest BCUT2D eigenvalue weighted by molar-refractivity contribution is 0.340. The third-order valence-corrected chi connectivity index (χ3v) is 4.98. The van der Waals surface area contributed by atoms with Crippen LogP contribution in [0, 0.1) is 12.9 Å². The van der Waals surface area contributed by atoms with Gasteiger partial charge >= 0.3 is 0 Å². The number of hydrogen-bond donors (Lipinski definition) is 1. The molecule has 0 aliphatic carbocycles. The van der Waals surface area contributed by atoms with Crippen LogP contribution in [0.4, 0.5) is 10.1 Å². The molecule has 0 atom stereocenters. The van der Waals surface area contributed by atoms with Crippen LogP contribution in [0.3, 0.4) is 0 Å². The van der Waals surface area contributed by atoms with Gasteiger partial charge in [0.15, 0.2) is 0 Å². The summed E-state index contributed by atoms with van der Waals surface area (Å²) in [6, 6.07) is 7.41. The summed E-state index contributed by atoms with van der Waals surface area (Å²) in [6.07, 6.45) is 4.84. The van der Waals surface area contributed by atoms with Crippen LogP contribution in [0.5, 0.6) is 5.75 Å². The molecule has 4 rings (SSSR count). The van der Waals surface area contributed by atoms with Gasteiger partial charge in [-0.25, -0.2) is 9.97 Å². The van der Waals surface area contributed by atoms with Crippen LogP contribution in [0.2, 0.25) is 0 Å². The second-order valence-electron chi connectivity index (χ2n) is 7.49. The summed E-state index contributed by atoms with van der Waals surface area (Å²) in [4.78, 5) is 12.8. The van der Waals surface area contributed by atoms with Gasteiger partial charge < -0.3 is 10.1 Å². The molecule has 0 saturated carbocycles. The second kappa shape index (κ2) is 8.67. The number of ether oxygens (including phenoxy) is 1. The molecule has 0 fully saturated rings. The van der Waals surface area contributed by atoms with Crippen LogP contribution in [0.25, 0.3) is 22.3 Å². The van der Waals surface area contributed by atoms with Crippen LogP contribution in [0.15, 0.2) is 42.9 Å². The maximum absolute atomic E-state index is 14.1. The molecule has 4 aromatic heterocycles. The molecule has 0 aliphatic heterocycles. The van der Waals surface area contributed by atoms with E-state index in [4.69, 9.17) is 14.8 Å². The average molecular weight is 420 g/mol. The maximum atomic E-state index is 14.1. The number of nitrogens with zero attached hydrogens (tertiary/aromatic N) is 5. The average Bonchev–Trinajstić information content (AvgIpc) is 3.11. The van der Waals surface area contributed by atoms with E-state index in [0.29, 0.717) is 17.9 Å². The van der Waals surface area contributed by atoms with Gasteiger partial charge in [-0.2, -0.15) is 9.49 Å². The van der Waals surface area contributed by atoms with Crippen molar-refractivity contribution in [3.8, 4) is 17.0 Å². The van der Waals surface area contributed by atoms with E-state index in [1.165, 1.54) is 6.20 Å². The molecule has 4 heterocycles. The van der Waals surface area contributed by atoms with Crippen molar-refractivity contribution in [1.82, 2.24) is 24.7 Å². The number of halogens is 1. The number of hydrogen-bond acceptors (Lipinski definition) is 6. The van der Waals surface area contributed by atoms with Gasteiger partial charge in [0.05, 0.1) is 29.9 Å². The molecule has 0 bridgehead atoms. The molecule has 0 unspecified atom stereocenters. The lowest BCUT2D eigenvalue weighted by atomic mass is 10.1. The van der Waals surface area contributed by atoms with Gasteiger partial charge in [0.1, 0.15) is 16.8 Å². The molecule has 0 amide bonds. The third-order valence-electron chi connectivity index (χ3n) is 4.98. The van der Waals surface area contributed by atoms with Gasteiger partial charge in [0.2, 0.25) is 5.95 Å². The highest BCUT2D eigenvalue weighted by atomic mass is 19.1. The highest BCUT2D eigenvalue weighted by molar-refractivity contribution is 5.93. The fourth-order valence-corrected chi connectivity index (χ4v) is 3.53. The number of aromatic nitrogens is 5. The Bertz CT molecular complexity index is 1220. The predicted molar refractivity (Wildman–Crippen MR) is 119 cm³/mol. The summed E-state index contributed by atoms with van der Waals surface area (Å²) >= 11 is 0. The Morgan fingerprint density at radius 1 is 1.23 bits per heavy atom. The smallest absolute Gasteiger partial charge is 0.217 e. The van der Waals surface area contributed by atoms with Crippen molar-refractivity contribution in [2.45, 2.75) is 40.3 Å². The molecule has 31 heavy (non-hydrogen) atoms. The van der Waals surface area contributed by atoms with E-state index in [0.717, 1.165) is 33.7 Å². The quantitative estimate of drug-likeness (QED) is 0.427. The molecule has 0 aromatic carbocycles. The Morgan fingerprint density at radius 2 is 2.06 bits per heavy atom. The first-order valence-electron chi connectivity index (χ1n) is 10.3. The molecule has 160 valence electrons. The minimum Gasteiger partial charge on any atom is -0.492 e. The van der Waals surface area contributed by atoms with Crippen LogP contribution in [0.1, 0.15) is 38.1 Å². The topological polar surface area (TPSA) is 77.8 Å². The van der Waals surface area contributed by atoms with E-state index in [1.807, 2.05) is 30.7 Å². The summed E-state index contributed by atoms with van der Waals surface area (Å²) in [6.45, 7) is 8.82. The Morgan fingerprint density at radius 3 is 2.81 bits per heavy atom. The summed E-state index contributed by atoms with van der Waals surface area (Å²) < 4.78 is 21.8. The molecular weight excluding hydrogens is 395 g/mol. The van der Waals surface area contributed by atoms with E-state index in [9.17, 15) is 4.39 Å². The highest BCUT2D eigenvalue weighted by Crippen LogP contribution is 2.35. The molecular formula is C23H25FN6O. The first kappa shape index (κ1) is 20.7. The molecule has 1 N–H and O–H groups in total. The zero-order chi connectivity index (χ0) is 22.0. The van der Waals surface area contributed by atoms with Crippen LogP contribution in [-0.4, -0.2) is 31.3 Å². The van der Waals surface area contributed by atoms with Gasteiger partial charge in [-0.05, 0) is 45.9 Å². The Hall–Kier alpha value is -3.55. The molecule has 0 saturated heterocycles. The Kier molecular flexibility index (Phi) is 5.79. The maximum Gasteiger partial charge on any atom is 0.217 e. The molecule has 7 nitrogen and oxygen atoms in total. The first-order chi connectivity index (χ1) is 15.0. The van der Waals surface area contributed by atoms with Gasteiger partial charge in [-0.3, -0.25) is 9.67 Å². The van der Waals surface area contributed by atoms with Crippen molar-refractivity contribution in [2.75, 3.05) is 11.9 Å². The van der Waals surface area contributed by atoms with E-state index in [1.54, 1.807) is 24.5 Å². The normalized spacial score (nSPS) is 11.3. The number of aryl methyl sites for hydroxylation is 1. The highest BCUT2D eigenvalue weighted by Gasteiger charge is 2.19. The zero-order valence-corrected chi connectivity index (χ0v) is 18.1. The number of rotatable bonds is 7. The van der Waals surface area contributed by atoms with E-state index >= 15 is 0 Å². The van der Waals surface area contributed by atoms with Crippen molar-refractivity contribution in [1.29, 1.82) is 0 Å². The van der Waals surface area contributed by atoms with Gasteiger partial charge in [-0.15, -0.1) is 0 Å². The van der Waals surface area contributed by atoms with Crippen molar-refractivity contribution in [3.63, 3.8) is 0 Å².